The number of nitrogens with zero attached hydrogens (tertiary/aromatic N) is 2. The molecule has 0 bridgehead atoms. The Morgan fingerprint density at radius 3 is 1.86 bits per heavy atom. The number of methoxy groups -OCH3 is 5. The molecule has 3 aliphatic rings. The quantitative estimate of drug-likeness (QED) is 0.0316. The number of fused-ring (bicyclic) bond motifs is 1. The van der Waals surface area contributed by atoms with Crippen molar-refractivity contribution in [2.24, 2.45) is 0 Å². The van der Waals surface area contributed by atoms with Gasteiger partial charge in [0.05, 0.1) is 105 Å². The monoisotopic (exact) mass is 1230 g/mol. The maximum atomic E-state index is 14.5. The SMILES string of the molecule is CC[C@H](C(=O)N1CCCC[C@H]1C(=O)O[C@H](CCc1ccc(OC)c(OC)c1)c1cccc(OCC(=O)NCCOCCOCCOCCOCCNC(=O)COc2cccc3c2C(=O)N(C2CCC(=O)NC2=O)C3=O)c1)c1cc(OC)c(OC)c(OC)c1. The van der Waals surface area contributed by atoms with E-state index in [1.807, 2.05) is 31.2 Å². The second kappa shape index (κ2) is 34.1. The first-order valence-electron chi connectivity index (χ1n) is 29.3. The number of amides is 7. The number of carbonyl (C=O) groups is 8. The zero-order chi connectivity index (χ0) is 63.0. The van der Waals surface area contributed by atoms with Crippen molar-refractivity contribution < 1.29 is 95.2 Å². The number of imide groups is 2. The summed E-state index contributed by atoms with van der Waals surface area (Å²) in [4.78, 5) is 107. The average molecular weight is 1230 g/mol. The second-order valence-corrected chi connectivity index (χ2v) is 20.5. The molecule has 88 heavy (non-hydrogen) atoms. The summed E-state index contributed by atoms with van der Waals surface area (Å²) in [5, 5.41) is 7.58. The van der Waals surface area contributed by atoms with Crippen molar-refractivity contribution in [3.8, 4) is 40.2 Å². The van der Waals surface area contributed by atoms with E-state index in [0.29, 0.717) is 97.7 Å². The number of piperidine rings is 2. The normalized spacial score (nSPS) is 16.2. The molecule has 4 aromatic carbocycles. The van der Waals surface area contributed by atoms with Gasteiger partial charge in [0.2, 0.25) is 23.5 Å². The number of ether oxygens (including phenoxy) is 12. The number of nitrogens with one attached hydrogen (secondary N) is 3. The van der Waals surface area contributed by atoms with Gasteiger partial charge in [-0.25, -0.2) is 4.79 Å². The molecule has 0 aromatic heterocycles. The van der Waals surface area contributed by atoms with Crippen LogP contribution in [0.2, 0.25) is 0 Å². The third kappa shape index (κ3) is 18.0. The topological polar surface area (TPSA) is 290 Å². The van der Waals surface area contributed by atoms with Gasteiger partial charge in [-0.05, 0) is 110 Å². The fraction of sp³-hybridized carbons (Fsp3) is 0.492. The highest BCUT2D eigenvalue weighted by Crippen LogP contribution is 2.42. The third-order valence-corrected chi connectivity index (χ3v) is 14.9. The second-order valence-electron chi connectivity index (χ2n) is 20.5. The predicted molar refractivity (Wildman–Crippen MR) is 315 cm³/mol. The van der Waals surface area contributed by atoms with Crippen molar-refractivity contribution in [1.82, 2.24) is 25.8 Å². The Hall–Kier alpha value is -8.52. The van der Waals surface area contributed by atoms with Crippen LogP contribution in [0.25, 0.3) is 0 Å². The van der Waals surface area contributed by atoms with Crippen LogP contribution in [-0.4, -0.2) is 190 Å². The van der Waals surface area contributed by atoms with Gasteiger partial charge in [0.15, 0.2) is 36.2 Å². The fourth-order valence-electron chi connectivity index (χ4n) is 10.4. The predicted octanol–water partition coefficient (Wildman–Crippen LogP) is 4.68. The summed E-state index contributed by atoms with van der Waals surface area (Å²) in [6, 6.07) is 18.7. The van der Waals surface area contributed by atoms with Crippen molar-refractivity contribution in [2.45, 2.75) is 82.4 Å². The summed E-state index contributed by atoms with van der Waals surface area (Å²) in [6.45, 7) is 4.18. The van der Waals surface area contributed by atoms with Gasteiger partial charge in [0, 0.05) is 26.1 Å². The Bertz CT molecular complexity index is 3040. The Kier molecular flexibility index (Phi) is 26.0. The summed E-state index contributed by atoms with van der Waals surface area (Å²) in [5.74, 6) is -2.01. The molecular formula is C63H79N5O20. The maximum Gasteiger partial charge on any atom is 0.329 e. The molecule has 1 unspecified atom stereocenters. The molecule has 4 aromatic rings. The Labute approximate surface area is 511 Å². The minimum Gasteiger partial charge on any atom is -0.493 e. The first-order valence-corrected chi connectivity index (χ1v) is 29.3. The van der Waals surface area contributed by atoms with Crippen LogP contribution in [0.3, 0.4) is 0 Å². The molecule has 25 heteroatoms. The van der Waals surface area contributed by atoms with Gasteiger partial charge in [0.25, 0.3) is 23.6 Å². The van der Waals surface area contributed by atoms with E-state index in [4.69, 9.17) is 56.8 Å². The zero-order valence-electron chi connectivity index (χ0n) is 50.6. The molecule has 7 rings (SSSR count). The van der Waals surface area contributed by atoms with Gasteiger partial charge in [0.1, 0.15) is 29.7 Å². The summed E-state index contributed by atoms with van der Waals surface area (Å²) >= 11 is 0. The van der Waals surface area contributed by atoms with Gasteiger partial charge in [-0.1, -0.05) is 31.2 Å². The molecule has 7 amide bonds. The van der Waals surface area contributed by atoms with Crippen LogP contribution in [0, 0.1) is 0 Å². The molecule has 3 N–H and O–H groups in total. The number of benzene rings is 4. The number of aryl methyl sites for hydroxylation is 1. The molecular weight excluding hydrogens is 1150 g/mol. The molecule has 0 saturated carbocycles. The number of hydrogen-bond donors (Lipinski definition) is 3. The first kappa shape index (κ1) is 67.0. The molecule has 3 aliphatic heterocycles. The van der Waals surface area contributed by atoms with Crippen molar-refractivity contribution in [3.63, 3.8) is 0 Å². The summed E-state index contributed by atoms with van der Waals surface area (Å²) in [5.41, 5.74) is 2.22. The van der Waals surface area contributed by atoms with E-state index in [9.17, 15) is 38.4 Å². The lowest BCUT2D eigenvalue weighted by Gasteiger charge is -2.37. The molecule has 0 radical (unpaired) electrons. The van der Waals surface area contributed by atoms with Crippen LogP contribution in [0.1, 0.15) is 101 Å². The van der Waals surface area contributed by atoms with E-state index in [1.54, 1.807) is 49.5 Å². The molecule has 2 fully saturated rings. The van der Waals surface area contributed by atoms with Crippen LogP contribution >= 0.6 is 0 Å². The fourth-order valence-corrected chi connectivity index (χ4v) is 10.4. The van der Waals surface area contributed by atoms with Crippen molar-refractivity contribution in [3.05, 3.63) is 101 Å². The van der Waals surface area contributed by atoms with E-state index >= 15 is 0 Å². The Morgan fingerprint density at radius 1 is 0.625 bits per heavy atom. The molecule has 2 saturated heterocycles. The highest BCUT2D eigenvalue weighted by atomic mass is 16.6. The van der Waals surface area contributed by atoms with Crippen molar-refractivity contribution in [1.29, 1.82) is 0 Å². The minimum atomic E-state index is -1.13. The average Bonchev–Trinajstić information content (AvgIpc) is 1.66. The number of likely N-dealkylation sites (tertiary alicyclic amines) is 1. The van der Waals surface area contributed by atoms with Gasteiger partial charge in [-0.2, -0.15) is 0 Å². The number of rotatable bonds is 36. The van der Waals surface area contributed by atoms with Crippen molar-refractivity contribution >= 4 is 47.3 Å². The van der Waals surface area contributed by atoms with Crippen LogP contribution in [-0.2, 0) is 58.9 Å². The van der Waals surface area contributed by atoms with Gasteiger partial charge in [-0.15, -0.1) is 0 Å². The van der Waals surface area contributed by atoms with E-state index in [1.165, 1.54) is 39.5 Å². The van der Waals surface area contributed by atoms with Gasteiger partial charge >= 0.3 is 5.97 Å². The molecule has 3 heterocycles. The van der Waals surface area contributed by atoms with Gasteiger partial charge in [-0.3, -0.25) is 43.8 Å². The lowest BCUT2D eigenvalue weighted by molar-refractivity contribution is -0.162. The minimum absolute atomic E-state index is 0.0100. The maximum absolute atomic E-state index is 14.5. The zero-order valence-corrected chi connectivity index (χ0v) is 50.6. The number of hydrogen-bond acceptors (Lipinski definition) is 20. The summed E-state index contributed by atoms with van der Waals surface area (Å²) < 4.78 is 67.9. The van der Waals surface area contributed by atoms with E-state index < -0.39 is 66.2 Å². The van der Waals surface area contributed by atoms with Crippen LogP contribution < -0.4 is 49.1 Å². The van der Waals surface area contributed by atoms with Crippen LogP contribution in [0.5, 0.6) is 40.2 Å². The molecule has 0 aliphatic carbocycles. The van der Waals surface area contributed by atoms with Crippen LogP contribution in [0.15, 0.2) is 72.8 Å². The first-order chi connectivity index (χ1) is 42.7. The molecule has 4 atom stereocenters. The van der Waals surface area contributed by atoms with E-state index in [2.05, 4.69) is 16.0 Å². The largest absolute Gasteiger partial charge is 0.493 e. The third-order valence-electron chi connectivity index (χ3n) is 14.9. The smallest absolute Gasteiger partial charge is 0.329 e. The Morgan fingerprint density at radius 2 is 1.25 bits per heavy atom. The molecule has 25 nitrogen and oxygen atoms in total. The lowest BCUT2D eigenvalue weighted by Crippen LogP contribution is -2.54. The van der Waals surface area contributed by atoms with E-state index in [-0.39, 0.29) is 94.3 Å². The van der Waals surface area contributed by atoms with Crippen molar-refractivity contribution in [2.75, 3.05) is 121 Å². The standard InChI is InChI=1S/C63H79N5O20/c1-7-44(42-36-52(79-4)58(81-6)53(37-42)80-5)60(73)67-25-9-8-15-47(67)63(76)88-48(20-17-40-18-21-49(77-2)51(34-40)78-3)41-12-10-13-43(35-41)86-38-55(70)64-23-26-82-28-30-84-32-33-85-31-29-83-27-24-65-56(71)39-87-50-16-11-14-45-57(50)62(75)68(61(45)74)46-19-22-54(69)66-59(46)72/h10-14,16,18,21,34-37,44,46-48H,7-9,15,17,19-20,22-33,38-39H2,1-6H3,(H,64,70)(H,65,71)(H,66,69,72)/t44-,46?,47-,48+/m0/s1. The number of esters is 1. The Balaban J connectivity index is 0.777. The highest BCUT2D eigenvalue weighted by molar-refractivity contribution is 6.24. The van der Waals surface area contributed by atoms with E-state index in [0.717, 1.165) is 23.3 Å². The molecule has 0 spiro atoms. The number of carbonyl (C=O) groups excluding carboxylic acids is 8. The lowest BCUT2D eigenvalue weighted by atomic mass is 9.91. The van der Waals surface area contributed by atoms with Crippen LogP contribution in [0.4, 0.5) is 0 Å². The highest BCUT2D eigenvalue weighted by Gasteiger charge is 2.46. The van der Waals surface area contributed by atoms with Gasteiger partial charge < -0.3 is 72.4 Å². The molecule has 476 valence electrons. The summed E-state index contributed by atoms with van der Waals surface area (Å²) in [6.07, 6.45) is 2.44. The summed E-state index contributed by atoms with van der Waals surface area (Å²) in [7, 11) is 7.68.